The van der Waals surface area contributed by atoms with E-state index in [1.807, 2.05) is 0 Å². The molecule has 0 radical (unpaired) electrons. The van der Waals surface area contributed by atoms with Crippen molar-refractivity contribution in [1.29, 1.82) is 0 Å². The number of benzene rings is 1. The first-order valence-corrected chi connectivity index (χ1v) is 6.60. The second-order valence-corrected chi connectivity index (χ2v) is 5.13. The summed E-state index contributed by atoms with van der Waals surface area (Å²) in [6.07, 6.45) is -2.66. The summed E-state index contributed by atoms with van der Waals surface area (Å²) in [6, 6.07) is 8.29. The van der Waals surface area contributed by atoms with E-state index in [-0.39, 0.29) is 11.6 Å². The maximum absolute atomic E-state index is 14.3. The summed E-state index contributed by atoms with van der Waals surface area (Å²) in [6.45, 7) is -0.195. The number of alkyl halides is 2. The third-order valence-corrected chi connectivity index (χ3v) is 3.45. The fraction of sp³-hybridized carbons (Fsp3) is 0.286. The van der Waals surface area contributed by atoms with Crippen LogP contribution in [-0.2, 0) is 15.4 Å². The number of aromatic nitrogens is 1. The minimum Gasteiger partial charge on any atom is -0.430 e. The Morgan fingerprint density at radius 1 is 1.38 bits per heavy atom. The number of fused-ring (bicyclic) bond motifs is 1. The normalized spacial score (nSPS) is 18.6. The van der Waals surface area contributed by atoms with E-state index in [1.54, 1.807) is 24.3 Å². The van der Waals surface area contributed by atoms with Crippen LogP contribution in [0.5, 0.6) is 0 Å². The van der Waals surface area contributed by atoms with E-state index in [0.29, 0.717) is 10.9 Å². The quantitative estimate of drug-likeness (QED) is 0.806. The number of pyridine rings is 1. The Hall–Kier alpha value is -1.95. The molecule has 21 heavy (non-hydrogen) atoms. The molecule has 2 aromatic rings. The molecule has 1 aliphatic rings. The van der Waals surface area contributed by atoms with Gasteiger partial charge < -0.3 is 9.47 Å². The molecule has 2 heterocycles. The predicted molar refractivity (Wildman–Crippen MR) is 71.5 cm³/mol. The molecule has 1 atom stereocenters. The van der Waals surface area contributed by atoms with Crippen LogP contribution in [0.2, 0.25) is 5.02 Å². The Morgan fingerprint density at radius 2 is 2.14 bits per heavy atom. The first kappa shape index (κ1) is 14.0. The van der Waals surface area contributed by atoms with Crippen molar-refractivity contribution >= 4 is 28.7 Å². The van der Waals surface area contributed by atoms with E-state index < -0.39 is 30.3 Å². The highest BCUT2D eigenvalue weighted by atomic mass is 35.5. The Kier molecular flexibility index (Phi) is 3.41. The van der Waals surface area contributed by atoms with Crippen LogP contribution in [0.3, 0.4) is 0 Å². The van der Waals surface area contributed by atoms with E-state index in [4.69, 9.17) is 11.6 Å². The summed E-state index contributed by atoms with van der Waals surface area (Å²) in [7, 11) is 0. The maximum Gasteiger partial charge on any atom is 0.508 e. The highest BCUT2D eigenvalue weighted by Crippen LogP contribution is 2.38. The number of para-hydroxylation sites is 1. The molecule has 0 saturated carbocycles. The molecule has 0 spiro atoms. The van der Waals surface area contributed by atoms with Crippen molar-refractivity contribution in [3.05, 3.63) is 41.0 Å². The van der Waals surface area contributed by atoms with Gasteiger partial charge in [0, 0.05) is 5.39 Å². The molecule has 1 aromatic heterocycles. The lowest BCUT2D eigenvalue weighted by molar-refractivity contribution is -0.0470. The van der Waals surface area contributed by atoms with E-state index >= 15 is 0 Å². The second-order valence-electron chi connectivity index (χ2n) is 4.72. The standard InChI is InChI=1S/C14H10ClF2NO3/c15-10-5-8-3-1-2-4-11(8)18-12(10)14(16,17)6-9-7-20-13(19)21-9/h1-5,9H,6-7H2. The van der Waals surface area contributed by atoms with Gasteiger partial charge in [0.1, 0.15) is 18.4 Å². The van der Waals surface area contributed by atoms with Crippen molar-refractivity contribution in [1.82, 2.24) is 4.98 Å². The fourth-order valence-corrected chi connectivity index (χ4v) is 2.49. The third-order valence-electron chi connectivity index (χ3n) is 3.16. The first-order valence-electron chi connectivity index (χ1n) is 6.23. The van der Waals surface area contributed by atoms with Crippen LogP contribution >= 0.6 is 11.6 Å². The summed E-state index contributed by atoms with van der Waals surface area (Å²) in [5.74, 6) is -3.32. The average molecular weight is 314 g/mol. The number of carbonyl (C=O) groups excluding carboxylic acids is 1. The van der Waals surface area contributed by atoms with Gasteiger partial charge in [-0.3, -0.25) is 0 Å². The predicted octanol–water partition coefficient (Wildman–Crippen LogP) is 3.91. The molecule has 0 N–H and O–H groups in total. The van der Waals surface area contributed by atoms with E-state index in [0.717, 1.165) is 0 Å². The zero-order valence-corrected chi connectivity index (χ0v) is 11.4. The molecule has 0 bridgehead atoms. The summed E-state index contributed by atoms with van der Waals surface area (Å²) in [5.41, 5.74) is -0.0953. The molecule has 4 nitrogen and oxygen atoms in total. The van der Waals surface area contributed by atoms with Crippen molar-refractivity contribution < 1.29 is 23.0 Å². The highest BCUT2D eigenvalue weighted by Gasteiger charge is 2.42. The van der Waals surface area contributed by atoms with Gasteiger partial charge in [0.25, 0.3) is 5.92 Å². The van der Waals surface area contributed by atoms with E-state index in [1.165, 1.54) is 6.07 Å². The van der Waals surface area contributed by atoms with Gasteiger partial charge in [-0.2, -0.15) is 8.78 Å². The summed E-state index contributed by atoms with van der Waals surface area (Å²) in [4.78, 5) is 14.7. The zero-order chi connectivity index (χ0) is 15.0. The van der Waals surface area contributed by atoms with Gasteiger partial charge in [-0.25, -0.2) is 9.78 Å². The number of nitrogens with zero attached hydrogens (tertiary/aromatic N) is 1. The number of ether oxygens (including phenoxy) is 2. The number of carbonyl (C=O) groups is 1. The lowest BCUT2D eigenvalue weighted by atomic mass is 10.1. The second kappa shape index (κ2) is 5.11. The Bertz CT molecular complexity index is 708. The molecule has 110 valence electrons. The number of halogens is 3. The summed E-state index contributed by atoms with van der Waals surface area (Å²) < 4.78 is 37.8. The fourth-order valence-electron chi connectivity index (χ4n) is 2.19. The minimum absolute atomic E-state index is 0.121. The SMILES string of the molecule is O=C1OCC(CC(F)(F)c2nc3ccccc3cc2Cl)O1. The smallest absolute Gasteiger partial charge is 0.430 e. The Balaban J connectivity index is 1.93. The van der Waals surface area contributed by atoms with Crippen LogP contribution in [0.15, 0.2) is 30.3 Å². The van der Waals surface area contributed by atoms with Crippen LogP contribution in [0.25, 0.3) is 10.9 Å². The molecule has 0 aliphatic carbocycles. The zero-order valence-electron chi connectivity index (χ0n) is 10.7. The molecular formula is C14H10ClF2NO3. The Morgan fingerprint density at radius 3 is 2.86 bits per heavy atom. The summed E-state index contributed by atoms with van der Waals surface area (Å²) in [5, 5.41) is 0.557. The maximum atomic E-state index is 14.3. The van der Waals surface area contributed by atoms with Gasteiger partial charge in [0.2, 0.25) is 0 Å². The lowest BCUT2D eigenvalue weighted by Gasteiger charge is -2.19. The molecule has 0 amide bonds. The molecule has 1 aromatic carbocycles. The van der Waals surface area contributed by atoms with Crippen LogP contribution in [0.4, 0.5) is 13.6 Å². The van der Waals surface area contributed by atoms with Crippen molar-refractivity contribution in [2.75, 3.05) is 6.61 Å². The van der Waals surface area contributed by atoms with E-state index in [2.05, 4.69) is 14.5 Å². The van der Waals surface area contributed by atoms with Gasteiger partial charge in [0.15, 0.2) is 0 Å². The molecule has 1 fully saturated rings. The number of cyclic esters (lactones) is 2. The monoisotopic (exact) mass is 313 g/mol. The topological polar surface area (TPSA) is 48.4 Å². The van der Waals surface area contributed by atoms with Crippen molar-refractivity contribution in [2.45, 2.75) is 18.4 Å². The van der Waals surface area contributed by atoms with Gasteiger partial charge in [-0.05, 0) is 12.1 Å². The van der Waals surface area contributed by atoms with Crippen LogP contribution < -0.4 is 0 Å². The van der Waals surface area contributed by atoms with Gasteiger partial charge in [-0.1, -0.05) is 29.8 Å². The highest BCUT2D eigenvalue weighted by molar-refractivity contribution is 6.32. The van der Waals surface area contributed by atoms with Crippen LogP contribution in [0, 0.1) is 0 Å². The van der Waals surface area contributed by atoms with Crippen molar-refractivity contribution in [3.63, 3.8) is 0 Å². The van der Waals surface area contributed by atoms with Gasteiger partial charge in [-0.15, -0.1) is 0 Å². The molecule has 1 unspecified atom stereocenters. The molecular weight excluding hydrogens is 304 g/mol. The first-order chi connectivity index (χ1) is 9.95. The number of hydrogen-bond donors (Lipinski definition) is 0. The molecule has 1 aliphatic heterocycles. The van der Waals surface area contributed by atoms with Crippen molar-refractivity contribution in [3.8, 4) is 0 Å². The largest absolute Gasteiger partial charge is 0.508 e. The molecule has 7 heteroatoms. The number of rotatable bonds is 3. The van der Waals surface area contributed by atoms with E-state index in [9.17, 15) is 13.6 Å². The third kappa shape index (κ3) is 2.76. The van der Waals surface area contributed by atoms with Crippen LogP contribution in [-0.4, -0.2) is 23.9 Å². The van der Waals surface area contributed by atoms with Gasteiger partial charge >= 0.3 is 6.16 Å². The number of hydrogen-bond acceptors (Lipinski definition) is 4. The average Bonchev–Trinajstić information content (AvgIpc) is 2.82. The van der Waals surface area contributed by atoms with Gasteiger partial charge in [0.05, 0.1) is 17.0 Å². The van der Waals surface area contributed by atoms with Crippen molar-refractivity contribution in [2.24, 2.45) is 0 Å². The summed E-state index contributed by atoms with van der Waals surface area (Å²) >= 11 is 5.92. The van der Waals surface area contributed by atoms with Crippen LogP contribution in [0.1, 0.15) is 12.1 Å². The lowest BCUT2D eigenvalue weighted by Crippen LogP contribution is -2.25. The minimum atomic E-state index is -3.32. The Labute approximate surface area is 123 Å². The molecule has 3 rings (SSSR count). The molecule has 1 saturated heterocycles.